The largest absolute Gasteiger partial charge is 0.396 e. The zero-order valence-electron chi connectivity index (χ0n) is 15.0. The van der Waals surface area contributed by atoms with Gasteiger partial charge in [-0.1, -0.05) is 30.7 Å². The minimum Gasteiger partial charge on any atom is -0.396 e. The smallest absolute Gasteiger partial charge is 0.225 e. The Morgan fingerprint density at radius 3 is 2.81 bits per heavy atom. The molecule has 0 bridgehead atoms. The molecule has 0 radical (unpaired) electrons. The quantitative estimate of drug-likeness (QED) is 0.510. The lowest BCUT2D eigenvalue weighted by Crippen LogP contribution is -2.25. The molecule has 2 aromatic carbocycles. The number of nitrogens with zero attached hydrogens (tertiary/aromatic N) is 1. The Morgan fingerprint density at radius 1 is 1.35 bits per heavy atom. The van der Waals surface area contributed by atoms with Crippen LogP contribution in [-0.2, 0) is 4.79 Å². The second-order valence-corrected chi connectivity index (χ2v) is 6.72. The molecule has 136 valence electrons. The molecule has 0 aromatic heterocycles. The Labute approximate surface area is 159 Å². The lowest BCUT2D eigenvalue weighted by atomic mass is 9.96. The fraction of sp³-hybridized carbons (Fsp3) is 0.300. The first-order chi connectivity index (χ1) is 12.4. The Hall–Kier alpha value is -2.55. The van der Waals surface area contributed by atoms with Crippen LogP contribution in [0.1, 0.15) is 36.0 Å². The third-order valence-electron chi connectivity index (χ3n) is 4.24. The van der Waals surface area contributed by atoms with Gasteiger partial charge in [-0.2, -0.15) is 5.26 Å². The van der Waals surface area contributed by atoms with Crippen molar-refractivity contribution in [3.63, 3.8) is 0 Å². The van der Waals surface area contributed by atoms with Crippen LogP contribution in [0.4, 0.5) is 11.4 Å². The Morgan fingerprint density at radius 2 is 2.12 bits per heavy atom. The Balaban J connectivity index is 1.79. The number of nitrogens with one attached hydrogen (secondary N) is 2. The van der Waals surface area contributed by atoms with E-state index in [-0.39, 0.29) is 5.91 Å². The first-order valence-electron chi connectivity index (χ1n) is 8.47. The van der Waals surface area contributed by atoms with Crippen molar-refractivity contribution < 1.29 is 4.79 Å². The van der Waals surface area contributed by atoms with Gasteiger partial charge in [0.25, 0.3) is 0 Å². The molecule has 0 aliphatic carbocycles. The Bertz CT molecular complexity index is 829. The third kappa shape index (κ3) is 5.22. The van der Waals surface area contributed by atoms with Crippen molar-refractivity contribution in [1.82, 2.24) is 5.32 Å². The van der Waals surface area contributed by atoms with Crippen LogP contribution in [0.2, 0.25) is 5.02 Å². The molecular formula is C20H23ClN4O. The maximum Gasteiger partial charge on any atom is 0.225 e. The van der Waals surface area contributed by atoms with Crippen LogP contribution in [0.3, 0.4) is 0 Å². The summed E-state index contributed by atoms with van der Waals surface area (Å²) in [6, 6.07) is 12.9. The predicted octanol–water partition coefficient (Wildman–Crippen LogP) is 3.82. The molecular weight excluding hydrogens is 348 g/mol. The van der Waals surface area contributed by atoms with Gasteiger partial charge in [0.15, 0.2) is 0 Å². The van der Waals surface area contributed by atoms with Gasteiger partial charge in [0.2, 0.25) is 5.91 Å². The zero-order chi connectivity index (χ0) is 19.1. The first-order valence-corrected chi connectivity index (χ1v) is 8.85. The molecule has 26 heavy (non-hydrogen) atoms. The van der Waals surface area contributed by atoms with Crippen LogP contribution in [-0.4, -0.2) is 19.0 Å². The number of halogens is 1. The van der Waals surface area contributed by atoms with E-state index in [1.807, 2.05) is 31.2 Å². The van der Waals surface area contributed by atoms with Crippen molar-refractivity contribution in [3.8, 4) is 6.07 Å². The second-order valence-electron chi connectivity index (χ2n) is 6.28. The van der Waals surface area contributed by atoms with Crippen LogP contribution < -0.4 is 16.4 Å². The van der Waals surface area contributed by atoms with Gasteiger partial charge in [-0.25, -0.2) is 0 Å². The monoisotopic (exact) mass is 370 g/mol. The molecule has 0 heterocycles. The lowest BCUT2D eigenvalue weighted by Gasteiger charge is -2.16. The highest BCUT2D eigenvalue weighted by Gasteiger charge is 2.10. The van der Waals surface area contributed by atoms with Gasteiger partial charge in [-0.15, -0.1) is 0 Å². The van der Waals surface area contributed by atoms with Gasteiger partial charge in [-0.05, 0) is 48.2 Å². The van der Waals surface area contributed by atoms with E-state index in [0.29, 0.717) is 35.8 Å². The number of hydrogen-bond donors (Lipinski definition) is 3. The number of amides is 1. The highest BCUT2D eigenvalue weighted by molar-refractivity contribution is 6.30. The van der Waals surface area contributed by atoms with Crippen molar-refractivity contribution in [3.05, 3.63) is 58.1 Å². The number of carbonyl (C=O) groups is 1. The SMILES string of the molecule is Cc1cc(Cl)ccc1C(C)CNCCC(=O)Nc1cccc(C#N)c1N. The normalized spacial score (nSPS) is 11.6. The first kappa shape index (κ1) is 19.8. The molecule has 2 rings (SSSR count). The number of para-hydroxylation sites is 1. The van der Waals surface area contributed by atoms with Crippen LogP contribution in [0.5, 0.6) is 0 Å². The maximum absolute atomic E-state index is 12.1. The average molecular weight is 371 g/mol. The van der Waals surface area contributed by atoms with Gasteiger partial charge in [0, 0.05) is 24.5 Å². The summed E-state index contributed by atoms with van der Waals surface area (Å²) in [7, 11) is 0. The fourth-order valence-electron chi connectivity index (χ4n) is 2.81. The minimum atomic E-state index is -0.144. The van der Waals surface area contributed by atoms with Crippen molar-refractivity contribution in [1.29, 1.82) is 5.26 Å². The number of nitrogen functional groups attached to an aromatic ring is 1. The number of benzene rings is 2. The van der Waals surface area contributed by atoms with Crippen molar-refractivity contribution in [2.75, 3.05) is 24.1 Å². The van der Waals surface area contributed by atoms with Crippen molar-refractivity contribution in [2.45, 2.75) is 26.2 Å². The van der Waals surface area contributed by atoms with E-state index >= 15 is 0 Å². The van der Waals surface area contributed by atoms with Crippen LogP contribution in [0.15, 0.2) is 36.4 Å². The molecule has 0 aliphatic rings. The van der Waals surface area contributed by atoms with Gasteiger partial charge in [0.1, 0.15) is 6.07 Å². The number of anilines is 2. The molecule has 2 aromatic rings. The molecule has 1 amide bonds. The number of aryl methyl sites for hydroxylation is 1. The third-order valence-corrected chi connectivity index (χ3v) is 4.48. The summed E-state index contributed by atoms with van der Waals surface area (Å²) in [5.74, 6) is 0.174. The summed E-state index contributed by atoms with van der Waals surface area (Å²) in [6.07, 6.45) is 0.322. The second kappa shape index (κ2) is 9.23. The fourth-order valence-corrected chi connectivity index (χ4v) is 3.03. The molecule has 0 spiro atoms. The number of hydrogen-bond acceptors (Lipinski definition) is 4. The van der Waals surface area contributed by atoms with E-state index < -0.39 is 0 Å². The summed E-state index contributed by atoms with van der Waals surface area (Å²) in [6.45, 7) is 5.50. The Kier molecular flexibility index (Phi) is 7.02. The highest BCUT2D eigenvalue weighted by Crippen LogP contribution is 2.23. The molecule has 4 N–H and O–H groups in total. The van der Waals surface area contributed by atoms with E-state index in [1.54, 1.807) is 18.2 Å². The maximum atomic E-state index is 12.1. The molecule has 0 saturated heterocycles. The molecule has 1 atom stereocenters. The van der Waals surface area contributed by atoms with Crippen molar-refractivity contribution in [2.24, 2.45) is 0 Å². The standard InChI is InChI=1S/C20H23ClN4O/c1-13-10-16(21)6-7-17(13)14(2)12-24-9-8-19(26)25-18-5-3-4-15(11-22)20(18)23/h3-7,10,14,24H,8-9,12,23H2,1-2H3,(H,25,26). The van der Waals surface area contributed by atoms with E-state index in [4.69, 9.17) is 22.6 Å². The average Bonchev–Trinajstić information content (AvgIpc) is 2.60. The highest BCUT2D eigenvalue weighted by atomic mass is 35.5. The summed E-state index contributed by atoms with van der Waals surface area (Å²) < 4.78 is 0. The molecule has 0 aliphatic heterocycles. The van der Waals surface area contributed by atoms with E-state index in [2.05, 4.69) is 17.6 Å². The summed E-state index contributed by atoms with van der Waals surface area (Å²) in [5.41, 5.74) is 9.39. The molecule has 0 saturated carbocycles. The predicted molar refractivity (Wildman–Crippen MR) is 106 cm³/mol. The van der Waals surface area contributed by atoms with Gasteiger partial charge >= 0.3 is 0 Å². The lowest BCUT2D eigenvalue weighted by molar-refractivity contribution is -0.116. The van der Waals surface area contributed by atoms with Gasteiger partial charge in [-0.3, -0.25) is 4.79 Å². The number of rotatable bonds is 7. The summed E-state index contributed by atoms with van der Waals surface area (Å²) in [4.78, 5) is 12.1. The number of carbonyl (C=O) groups excluding carboxylic acids is 1. The number of nitrogens with two attached hydrogens (primary N) is 1. The van der Waals surface area contributed by atoms with Crippen molar-refractivity contribution >= 4 is 28.9 Å². The van der Waals surface area contributed by atoms with E-state index in [9.17, 15) is 4.79 Å². The molecule has 6 heteroatoms. The summed E-state index contributed by atoms with van der Waals surface area (Å²) >= 11 is 5.99. The minimum absolute atomic E-state index is 0.144. The zero-order valence-corrected chi connectivity index (χ0v) is 15.7. The van der Waals surface area contributed by atoms with Crippen LogP contribution in [0.25, 0.3) is 0 Å². The van der Waals surface area contributed by atoms with Crippen LogP contribution >= 0.6 is 11.6 Å². The topological polar surface area (TPSA) is 90.9 Å². The van der Waals surface area contributed by atoms with E-state index in [1.165, 1.54) is 5.56 Å². The van der Waals surface area contributed by atoms with Gasteiger partial charge < -0.3 is 16.4 Å². The molecule has 5 nitrogen and oxygen atoms in total. The number of nitriles is 1. The van der Waals surface area contributed by atoms with E-state index in [0.717, 1.165) is 17.1 Å². The molecule has 1 unspecified atom stereocenters. The van der Waals surface area contributed by atoms with Gasteiger partial charge in [0.05, 0.1) is 16.9 Å². The summed E-state index contributed by atoms with van der Waals surface area (Å²) in [5, 5.41) is 15.8. The molecule has 0 fully saturated rings. The van der Waals surface area contributed by atoms with Crippen LogP contribution in [0, 0.1) is 18.3 Å².